The molecular formula is C24H27NO6. The lowest BCUT2D eigenvalue weighted by atomic mass is 10.0. The highest BCUT2D eigenvalue weighted by Crippen LogP contribution is 2.28. The van der Waals surface area contributed by atoms with E-state index in [0.717, 1.165) is 27.6 Å². The molecular weight excluding hydrogens is 398 g/mol. The monoisotopic (exact) mass is 425 g/mol. The van der Waals surface area contributed by atoms with E-state index in [9.17, 15) is 4.79 Å². The SMILES string of the molecule is CN(C(=O)O)c1ccc2cc(-c3ccc(OCCOCCOCCO)cc3)ccc2c1. The van der Waals surface area contributed by atoms with Crippen LogP contribution in [0.15, 0.2) is 60.7 Å². The lowest BCUT2D eigenvalue weighted by molar-refractivity contribution is 0.0247. The molecule has 7 heteroatoms. The number of ether oxygens (including phenoxy) is 3. The number of hydrogen-bond donors (Lipinski definition) is 2. The van der Waals surface area contributed by atoms with E-state index in [0.29, 0.717) is 38.7 Å². The minimum absolute atomic E-state index is 0.0175. The fourth-order valence-corrected chi connectivity index (χ4v) is 3.08. The second-order valence-corrected chi connectivity index (χ2v) is 6.91. The number of fused-ring (bicyclic) bond motifs is 1. The summed E-state index contributed by atoms with van der Waals surface area (Å²) in [6.45, 7) is 2.18. The van der Waals surface area contributed by atoms with Crippen LogP contribution in [0.4, 0.5) is 10.5 Å². The van der Waals surface area contributed by atoms with Crippen LogP contribution in [0.1, 0.15) is 0 Å². The van der Waals surface area contributed by atoms with Crippen LogP contribution in [0.25, 0.3) is 21.9 Å². The first-order valence-electron chi connectivity index (χ1n) is 10.1. The predicted octanol–water partition coefficient (Wildman–Crippen LogP) is 4.03. The van der Waals surface area contributed by atoms with Gasteiger partial charge >= 0.3 is 6.09 Å². The van der Waals surface area contributed by atoms with Gasteiger partial charge in [0, 0.05) is 12.7 Å². The standard InChI is InChI=1S/C24H27NO6/c1-25(24(27)28)22-7-4-20-16-19(2-3-21(20)17-22)18-5-8-23(9-6-18)31-15-14-30-13-12-29-11-10-26/h2-9,16-17,26H,10-15H2,1H3,(H,27,28). The van der Waals surface area contributed by atoms with E-state index in [1.807, 2.05) is 48.5 Å². The lowest BCUT2D eigenvalue weighted by Gasteiger charge is -2.14. The third-order valence-corrected chi connectivity index (χ3v) is 4.79. The molecule has 2 N–H and O–H groups in total. The first-order valence-corrected chi connectivity index (χ1v) is 10.1. The molecule has 0 aromatic heterocycles. The van der Waals surface area contributed by atoms with Crippen LogP contribution >= 0.6 is 0 Å². The lowest BCUT2D eigenvalue weighted by Crippen LogP contribution is -2.23. The van der Waals surface area contributed by atoms with Crippen molar-refractivity contribution in [1.29, 1.82) is 0 Å². The first-order chi connectivity index (χ1) is 15.1. The number of hydrogen-bond acceptors (Lipinski definition) is 5. The van der Waals surface area contributed by atoms with Crippen molar-refractivity contribution in [3.8, 4) is 16.9 Å². The van der Waals surface area contributed by atoms with E-state index in [4.69, 9.17) is 24.4 Å². The summed E-state index contributed by atoms with van der Waals surface area (Å²) in [7, 11) is 1.53. The van der Waals surface area contributed by atoms with Gasteiger partial charge in [0.05, 0.1) is 33.0 Å². The minimum atomic E-state index is -0.989. The second kappa shape index (κ2) is 11.3. The maximum atomic E-state index is 11.1. The predicted molar refractivity (Wildman–Crippen MR) is 120 cm³/mol. The smallest absolute Gasteiger partial charge is 0.411 e. The molecule has 164 valence electrons. The number of amides is 1. The van der Waals surface area contributed by atoms with E-state index in [1.54, 1.807) is 6.07 Å². The highest BCUT2D eigenvalue weighted by Gasteiger charge is 2.09. The molecule has 0 saturated heterocycles. The van der Waals surface area contributed by atoms with Crippen LogP contribution in [0.5, 0.6) is 5.75 Å². The second-order valence-electron chi connectivity index (χ2n) is 6.91. The third kappa shape index (κ3) is 6.42. The van der Waals surface area contributed by atoms with Crippen molar-refractivity contribution in [2.24, 2.45) is 0 Å². The van der Waals surface area contributed by atoms with Crippen LogP contribution in [-0.2, 0) is 9.47 Å². The van der Waals surface area contributed by atoms with Crippen LogP contribution in [0.3, 0.4) is 0 Å². The number of benzene rings is 3. The molecule has 0 bridgehead atoms. The number of anilines is 1. The van der Waals surface area contributed by atoms with Gasteiger partial charge in [-0.3, -0.25) is 4.90 Å². The first kappa shape index (κ1) is 22.6. The molecule has 3 rings (SSSR count). The molecule has 0 spiro atoms. The summed E-state index contributed by atoms with van der Waals surface area (Å²) >= 11 is 0. The van der Waals surface area contributed by atoms with Crippen molar-refractivity contribution in [3.05, 3.63) is 60.7 Å². The Hall–Kier alpha value is -3.13. The van der Waals surface area contributed by atoms with Crippen molar-refractivity contribution in [2.75, 3.05) is 51.6 Å². The summed E-state index contributed by atoms with van der Waals surface area (Å²) in [5.41, 5.74) is 2.78. The fourth-order valence-electron chi connectivity index (χ4n) is 3.08. The Kier molecular flexibility index (Phi) is 8.23. The van der Waals surface area contributed by atoms with Crippen LogP contribution in [-0.4, -0.2) is 63.0 Å². The number of carbonyl (C=O) groups is 1. The maximum absolute atomic E-state index is 11.1. The van der Waals surface area contributed by atoms with Crippen molar-refractivity contribution in [3.63, 3.8) is 0 Å². The summed E-state index contributed by atoms with van der Waals surface area (Å²) in [6.07, 6.45) is -0.989. The molecule has 3 aromatic rings. The molecule has 0 heterocycles. The zero-order chi connectivity index (χ0) is 22.1. The largest absolute Gasteiger partial charge is 0.491 e. The van der Waals surface area contributed by atoms with Gasteiger partial charge in [-0.15, -0.1) is 0 Å². The minimum Gasteiger partial charge on any atom is -0.491 e. The van der Waals surface area contributed by atoms with E-state index in [1.165, 1.54) is 11.9 Å². The van der Waals surface area contributed by atoms with Crippen molar-refractivity contribution in [2.45, 2.75) is 0 Å². The van der Waals surface area contributed by atoms with Gasteiger partial charge in [-0.05, 0) is 52.2 Å². The number of aliphatic hydroxyl groups is 1. The summed E-state index contributed by atoms with van der Waals surface area (Å²) in [4.78, 5) is 12.3. The Bertz CT molecular complexity index is 989. The van der Waals surface area contributed by atoms with Gasteiger partial charge in [-0.2, -0.15) is 0 Å². The van der Waals surface area contributed by atoms with Crippen LogP contribution < -0.4 is 9.64 Å². The van der Waals surface area contributed by atoms with Crippen LogP contribution in [0, 0.1) is 0 Å². The van der Waals surface area contributed by atoms with Gasteiger partial charge in [0.2, 0.25) is 0 Å². The van der Waals surface area contributed by atoms with Gasteiger partial charge in [0.25, 0.3) is 0 Å². The Labute approximate surface area is 181 Å². The molecule has 0 radical (unpaired) electrons. The molecule has 0 aliphatic carbocycles. The quantitative estimate of drug-likeness (QED) is 0.451. The summed E-state index contributed by atoms with van der Waals surface area (Å²) in [6, 6.07) is 19.6. The number of nitrogens with zero attached hydrogens (tertiary/aromatic N) is 1. The molecule has 7 nitrogen and oxygen atoms in total. The number of rotatable bonds is 11. The summed E-state index contributed by atoms with van der Waals surface area (Å²) in [5, 5.41) is 19.8. The van der Waals surface area contributed by atoms with Gasteiger partial charge in [0.15, 0.2) is 0 Å². The fraction of sp³-hybridized carbons (Fsp3) is 0.292. The van der Waals surface area contributed by atoms with E-state index < -0.39 is 6.09 Å². The van der Waals surface area contributed by atoms with Crippen LogP contribution in [0.2, 0.25) is 0 Å². The zero-order valence-electron chi connectivity index (χ0n) is 17.5. The van der Waals surface area contributed by atoms with Gasteiger partial charge in [-0.1, -0.05) is 30.3 Å². The Morgan fingerprint density at radius 2 is 1.42 bits per heavy atom. The zero-order valence-corrected chi connectivity index (χ0v) is 17.5. The summed E-state index contributed by atoms with van der Waals surface area (Å²) in [5.74, 6) is 0.769. The average molecular weight is 425 g/mol. The summed E-state index contributed by atoms with van der Waals surface area (Å²) < 4.78 is 16.2. The van der Waals surface area contributed by atoms with Gasteiger partial charge < -0.3 is 24.4 Å². The molecule has 1 amide bonds. The highest BCUT2D eigenvalue weighted by atomic mass is 16.5. The van der Waals surface area contributed by atoms with E-state index in [-0.39, 0.29) is 6.61 Å². The molecule has 3 aromatic carbocycles. The molecule has 0 unspecified atom stereocenters. The van der Waals surface area contributed by atoms with E-state index >= 15 is 0 Å². The number of aliphatic hydroxyl groups excluding tert-OH is 1. The molecule has 0 aliphatic heterocycles. The normalized spacial score (nSPS) is 10.9. The molecule has 31 heavy (non-hydrogen) atoms. The molecule has 0 aliphatic rings. The molecule has 0 fully saturated rings. The molecule has 0 atom stereocenters. The Morgan fingerprint density at radius 1 is 0.806 bits per heavy atom. The van der Waals surface area contributed by atoms with E-state index in [2.05, 4.69) is 6.07 Å². The highest BCUT2D eigenvalue weighted by molar-refractivity contribution is 5.93. The Balaban J connectivity index is 1.55. The average Bonchev–Trinajstić information content (AvgIpc) is 2.80. The van der Waals surface area contributed by atoms with Gasteiger partial charge in [0.1, 0.15) is 12.4 Å². The third-order valence-electron chi connectivity index (χ3n) is 4.79. The topological polar surface area (TPSA) is 88.5 Å². The molecule has 0 saturated carbocycles. The van der Waals surface area contributed by atoms with Crippen molar-refractivity contribution in [1.82, 2.24) is 0 Å². The van der Waals surface area contributed by atoms with Gasteiger partial charge in [-0.25, -0.2) is 4.79 Å². The van der Waals surface area contributed by atoms with Crippen molar-refractivity contribution >= 4 is 22.6 Å². The Morgan fingerprint density at radius 3 is 2.13 bits per heavy atom. The van der Waals surface area contributed by atoms with Crippen molar-refractivity contribution < 1.29 is 29.2 Å². The maximum Gasteiger partial charge on any atom is 0.411 e. The number of carboxylic acid groups (broad SMARTS) is 1.